The summed E-state index contributed by atoms with van der Waals surface area (Å²) in [7, 11) is 0. The summed E-state index contributed by atoms with van der Waals surface area (Å²) in [5, 5.41) is 7.48. The van der Waals surface area contributed by atoms with Crippen LogP contribution in [-0.2, 0) is 23.9 Å². The van der Waals surface area contributed by atoms with Crippen molar-refractivity contribution in [1.82, 2.24) is 20.9 Å². The lowest BCUT2D eigenvalue weighted by Gasteiger charge is -2.27. The van der Waals surface area contributed by atoms with E-state index in [0.717, 1.165) is 39.0 Å². The van der Waals surface area contributed by atoms with Gasteiger partial charge in [0.1, 0.15) is 19.2 Å². The molecule has 11 nitrogen and oxygen atoms in total. The Kier molecular flexibility index (Phi) is 16.4. The molecule has 45 heavy (non-hydrogen) atoms. The molecule has 14 heteroatoms. The maximum atomic E-state index is 12.6. The SMILES string of the molecule is CC.CC(C)C.CC1CN(C(=O)CNC(=O)OCC(C)(C)C(F)(F)F)CC1(C)C.NC(=O)C(CC1CC2(CC2)NC1=O)NC=O. The van der Waals surface area contributed by atoms with Gasteiger partial charge in [-0.05, 0) is 56.8 Å². The zero-order valence-electron chi connectivity index (χ0n) is 28.7. The van der Waals surface area contributed by atoms with E-state index in [2.05, 4.69) is 55.3 Å². The van der Waals surface area contributed by atoms with Crippen molar-refractivity contribution in [2.75, 3.05) is 26.2 Å². The molecule has 0 aromatic heterocycles. The molecule has 0 bridgehead atoms. The molecule has 3 atom stereocenters. The van der Waals surface area contributed by atoms with E-state index in [9.17, 15) is 37.1 Å². The number of primary amides is 1. The Morgan fingerprint density at radius 3 is 2.07 bits per heavy atom. The molecule has 1 saturated carbocycles. The lowest BCUT2D eigenvalue weighted by Crippen LogP contribution is -2.42. The van der Waals surface area contributed by atoms with Crippen LogP contribution in [-0.4, -0.2) is 79.1 Å². The van der Waals surface area contributed by atoms with E-state index in [1.807, 2.05) is 20.8 Å². The minimum atomic E-state index is -4.47. The summed E-state index contributed by atoms with van der Waals surface area (Å²) in [5.74, 6) is 0.0565. The van der Waals surface area contributed by atoms with Crippen molar-refractivity contribution >= 4 is 30.2 Å². The number of hydrogen-bond donors (Lipinski definition) is 4. The first-order valence-electron chi connectivity index (χ1n) is 15.6. The molecular formula is C31H56F3N5O6. The Morgan fingerprint density at radius 2 is 1.69 bits per heavy atom. The first-order valence-corrected chi connectivity index (χ1v) is 15.6. The van der Waals surface area contributed by atoms with E-state index < -0.39 is 36.2 Å². The van der Waals surface area contributed by atoms with Crippen LogP contribution in [0.2, 0.25) is 0 Å². The summed E-state index contributed by atoms with van der Waals surface area (Å²) in [6.45, 7) is 18.7. The van der Waals surface area contributed by atoms with Crippen LogP contribution in [0.15, 0.2) is 0 Å². The van der Waals surface area contributed by atoms with E-state index in [0.29, 0.717) is 31.8 Å². The van der Waals surface area contributed by atoms with Crippen molar-refractivity contribution in [2.24, 2.45) is 34.3 Å². The van der Waals surface area contributed by atoms with Crippen LogP contribution in [0, 0.1) is 28.6 Å². The van der Waals surface area contributed by atoms with E-state index in [1.165, 1.54) is 0 Å². The van der Waals surface area contributed by atoms with Crippen LogP contribution in [0.25, 0.3) is 0 Å². The predicted molar refractivity (Wildman–Crippen MR) is 166 cm³/mol. The minimum Gasteiger partial charge on any atom is -0.449 e. The second kappa shape index (κ2) is 17.6. The number of nitrogens with two attached hydrogens (primary N) is 1. The number of ether oxygens (including phenoxy) is 1. The predicted octanol–water partition coefficient (Wildman–Crippen LogP) is 4.14. The fraction of sp³-hybridized carbons (Fsp3) is 0.839. The molecule has 2 saturated heterocycles. The Bertz CT molecular complexity index is 996. The molecule has 0 radical (unpaired) electrons. The molecule has 0 aromatic carbocycles. The highest BCUT2D eigenvalue weighted by Gasteiger charge is 2.52. The van der Waals surface area contributed by atoms with Crippen molar-refractivity contribution in [3.8, 4) is 0 Å². The summed E-state index contributed by atoms with van der Waals surface area (Å²) < 4.78 is 42.5. The van der Waals surface area contributed by atoms with Crippen molar-refractivity contribution in [3.63, 3.8) is 0 Å². The van der Waals surface area contributed by atoms with Gasteiger partial charge in [0.2, 0.25) is 24.1 Å². The summed E-state index contributed by atoms with van der Waals surface area (Å²) in [5.41, 5.74) is 3.00. The van der Waals surface area contributed by atoms with E-state index >= 15 is 0 Å². The zero-order chi connectivity index (χ0) is 35.4. The van der Waals surface area contributed by atoms with Gasteiger partial charge >= 0.3 is 12.3 Å². The number of alkyl carbamates (subject to hydrolysis) is 1. The number of likely N-dealkylation sites (tertiary alicyclic amines) is 1. The number of hydrogen-bond acceptors (Lipinski definition) is 6. The van der Waals surface area contributed by atoms with Gasteiger partial charge in [-0.2, -0.15) is 13.2 Å². The van der Waals surface area contributed by atoms with Gasteiger partial charge in [-0.1, -0.05) is 55.4 Å². The molecule has 1 aliphatic carbocycles. The molecule has 3 aliphatic rings. The number of nitrogens with zero attached hydrogens (tertiary/aromatic N) is 1. The molecule has 3 fully saturated rings. The van der Waals surface area contributed by atoms with Gasteiger partial charge in [0, 0.05) is 24.5 Å². The van der Waals surface area contributed by atoms with Crippen molar-refractivity contribution < 1.29 is 41.9 Å². The van der Waals surface area contributed by atoms with Gasteiger partial charge in [0.15, 0.2) is 0 Å². The highest BCUT2D eigenvalue weighted by Crippen LogP contribution is 2.46. The number of amides is 5. The first-order chi connectivity index (χ1) is 20.6. The van der Waals surface area contributed by atoms with Gasteiger partial charge in [0.05, 0.1) is 5.41 Å². The number of alkyl halides is 3. The molecular weight excluding hydrogens is 595 g/mol. The average Bonchev–Trinajstić information content (AvgIpc) is 3.51. The number of carbonyl (C=O) groups excluding carboxylic acids is 5. The molecule has 1 spiro atoms. The molecule has 5 N–H and O–H groups in total. The average molecular weight is 652 g/mol. The number of nitrogens with one attached hydrogen (secondary N) is 3. The smallest absolute Gasteiger partial charge is 0.407 e. The lowest BCUT2D eigenvalue weighted by atomic mass is 9.84. The van der Waals surface area contributed by atoms with Crippen LogP contribution in [0.4, 0.5) is 18.0 Å². The lowest BCUT2D eigenvalue weighted by molar-refractivity contribution is -0.221. The molecule has 2 heterocycles. The molecule has 2 aliphatic heterocycles. The largest absolute Gasteiger partial charge is 0.449 e. The molecule has 3 unspecified atom stereocenters. The second-order valence-electron chi connectivity index (χ2n) is 13.9. The van der Waals surface area contributed by atoms with Crippen LogP contribution in [0.1, 0.15) is 94.9 Å². The van der Waals surface area contributed by atoms with Gasteiger partial charge < -0.3 is 31.3 Å². The maximum absolute atomic E-state index is 12.6. The molecule has 262 valence electrons. The molecule has 5 amide bonds. The van der Waals surface area contributed by atoms with Crippen LogP contribution in [0.5, 0.6) is 0 Å². The maximum Gasteiger partial charge on any atom is 0.407 e. The van der Waals surface area contributed by atoms with Gasteiger partial charge in [-0.3, -0.25) is 19.2 Å². The fourth-order valence-corrected chi connectivity index (χ4v) is 4.40. The minimum absolute atomic E-state index is 0.00685. The molecule has 0 aromatic rings. The Balaban J connectivity index is 0.000000760. The standard InChI is InChI=1S/C15H25F3N2O3.C10H15N3O3.C4H10.C2H6/c1-10-7-20(8-13(10,2)3)11(21)6-19-12(22)23-9-14(4,5)15(16,17)18;11-8(15)7(12-5-14)3-6-4-10(1-2-10)13-9(6)16;1-4(2)3;1-2/h10H,6-9H2,1-5H3,(H,19,22);5-7H,1-4H2,(H2,11,15)(H,12,14)(H,13,16);4H,1-3H3;1-2H3. The van der Waals surface area contributed by atoms with Crippen molar-refractivity contribution in [1.29, 1.82) is 0 Å². The van der Waals surface area contributed by atoms with Crippen LogP contribution < -0.4 is 21.7 Å². The normalized spacial score (nSPS) is 21.5. The molecule has 3 rings (SSSR count). The third kappa shape index (κ3) is 14.3. The zero-order valence-corrected chi connectivity index (χ0v) is 28.7. The second-order valence-corrected chi connectivity index (χ2v) is 13.9. The third-order valence-electron chi connectivity index (χ3n) is 7.88. The van der Waals surface area contributed by atoms with Gasteiger partial charge in [0.25, 0.3) is 0 Å². The van der Waals surface area contributed by atoms with Crippen molar-refractivity contribution in [3.05, 3.63) is 0 Å². The van der Waals surface area contributed by atoms with Crippen LogP contribution >= 0.6 is 0 Å². The summed E-state index contributed by atoms with van der Waals surface area (Å²) in [6, 6.07) is -0.748. The highest BCUT2D eigenvalue weighted by atomic mass is 19.4. The fourth-order valence-electron chi connectivity index (χ4n) is 4.40. The van der Waals surface area contributed by atoms with E-state index in [4.69, 9.17) is 5.73 Å². The third-order valence-corrected chi connectivity index (χ3v) is 7.88. The van der Waals surface area contributed by atoms with Gasteiger partial charge in [-0.25, -0.2) is 4.79 Å². The topological polar surface area (TPSA) is 160 Å². The highest BCUT2D eigenvalue weighted by molar-refractivity contribution is 5.86. The Morgan fingerprint density at radius 1 is 1.16 bits per heavy atom. The number of halogens is 3. The monoisotopic (exact) mass is 651 g/mol. The Labute approximate surface area is 266 Å². The van der Waals surface area contributed by atoms with Crippen molar-refractivity contribution in [2.45, 2.75) is 113 Å². The van der Waals surface area contributed by atoms with E-state index in [1.54, 1.807) is 4.90 Å². The first kappa shape index (κ1) is 41.9. The van der Waals surface area contributed by atoms with E-state index in [-0.39, 0.29) is 35.2 Å². The van der Waals surface area contributed by atoms with Gasteiger partial charge in [-0.15, -0.1) is 0 Å². The Hall–Kier alpha value is -3.06. The number of carbonyl (C=O) groups is 5. The number of rotatable bonds is 9. The summed E-state index contributed by atoms with van der Waals surface area (Å²) in [4.78, 5) is 58.1. The quantitative estimate of drug-likeness (QED) is 0.274. The summed E-state index contributed by atoms with van der Waals surface area (Å²) in [6.07, 6.45) is -2.00. The van der Waals surface area contributed by atoms with Crippen LogP contribution in [0.3, 0.4) is 0 Å². The summed E-state index contributed by atoms with van der Waals surface area (Å²) >= 11 is 0.